The number of nitrogens with one attached hydrogen (secondary N) is 1. The van der Waals surface area contributed by atoms with Crippen molar-refractivity contribution >= 4 is 11.9 Å². The summed E-state index contributed by atoms with van der Waals surface area (Å²) >= 11 is 0. The number of carbonyl (C=O) groups excluding carboxylic acids is 2. The summed E-state index contributed by atoms with van der Waals surface area (Å²) in [6, 6.07) is 6.89. The summed E-state index contributed by atoms with van der Waals surface area (Å²) in [5, 5.41) is 7.92. The average Bonchev–Trinajstić information content (AvgIpc) is 3.12. The van der Waals surface area contributed by atoms with E-state index in [1.54, 1.807) is 31.4 Å². The minimum Gasteiger partial charge on any atom is -0.497 e. The molecule has 1 N–H and O–H groups in total. The summed E-state index contributed by atoms with van der Waals surface area (Å²) in [6.45, 7) is 5.19. The van der Waals surface area contributed by atoms with E-state index in [0.29, 0.717) is 36.7 Å². The zero-order chi connectivity index (χ0) is 23.3. The zero-order valence-electron chi connectivity index (χ0n) is 19.5. The molecule has 1 fully saturated rings. The fourth-order valence-corrected chi connectivity index (χ4v) is 4.74. The van der Waals surface area contributed by atoms with E-state index in [1.807, 2.05) is 11.6 Å². The van der Waals surface area contributed by atoms with Crippen molar-refractivity contribution in [3.63, 3.8) is 0 Å². The second-order valence-corrected chi connectivity index (χ2v) is 8.88. The number of aryl methyl sites for hydroxylation is 2. The summed E-state index contributed by atoms with van der Waals surface area (Å²) in [5.74, 6) is 0.343. The number of benzene rings is 1. The number of methoxy groups -OCH3 is 1. The molecule has 8 nitrogen and oxygen atoms in total. The van der Waals surface area contributed by atoms with Crippen molar-refractivity contribution in [1.82, 2.24) is 15.1 Å². The predicted octanol–water partition coefficient (Wildman–Crippen LogP) is 3.17. The molecule has 1 aromatic carbocycles. The summed E-state index contributed by atoms with van der Waals surface area (Å²) in [5.41, 5.74) is 3.35. The zero-order valence-corrected chi connectivity index (χ0v) is 19.5. The van der Waals surface area contributed by atoms with Crippen molar-refractivity contribution in [2.24, 2.45) is 5.41 Å². The third-order valence-corrected chi connectivity index (χ3v) is 6.74. The van der Waals surface area contributed by atoms with E-state index in [-0.39, 0.29) is 17.3 Å². The molecular formula is C25H33N3O5. The van der Waals surface area contributed by atoms with Gasteiger partial charge in [-0.05, 0) is 75.1 Å². The van der Waals surface area contributed by atoms with Gasteiger partial charge in [-0.1, -0.05) is 0 Å². The molecule has 3 heterocycles. The van der Waals surface area contributed by atoms with E-state index >= 15 is 0 Å². The Bertz CT molecular complexity index is 977. The normalized spacial score (nSPS) is 17.2. The first-order valence-corrected chi connectivity index (χ1v) is 11.8. The molecule has 1 aromatic heterocycles. The molecule has 1 saturated heterocycles. The molecule has 0 saturated carbocycles. The van der Waals surface area contributed by atoms with E-state index in [0.717, 1.165) is 63.0 Å². The molecule has 2 aliphatic heterocycles. The van der Waals surface area contributed by atoms with Gasteiger partial charge in [-0.25, -0.2) is 4.79 Å². The number of ether oxygens (including phenoxy) is 3. The number of fused-ring (bicyclic) bond motifs is 1. The number of carbonyl (C=O) groups is 2. The summed E-state index contributed by atoms with van der Waals surface area (Å²) < 4.78 is 18.0. The maximum Gasteiger partial charge on any atom is 0.338 e. The molecule has 33 heavy (non-hydrogen) atoms. The van der Waals surface area contributed by atoms with Crippen LogP contribution in [-0.4, -0.2) is 55.1 Å². The van der Waals surface area contributed by atoms with Crippen molar-refractivity contribution < 1.29 is 23.8 Å². The topological polar surface area (TPSA) is 91.7 Å². The van der Waals surface area contributed by atoms with Crippen LogP contribution in [0.25, 0.3) is 0 Å². The molecule has 4 rings (SSSR count). The van der Waals surface area contributed by atoms with E-state index in [4.69, 9.17) is 19.3 Å². The Labute approximate surface area is 194 Å². The minimum absolute atomic E-state index is 0.0256. The number of amides is 1. The van der Waals surface area contributed by atoms with Gasteiger partial charge in [0.25, 0.3) is 5.91 Å². The Hall–Kier alpha value is -2.87. The highest BCUT2D eigenvalue weighted by Crippen LogP contribution is 2.37. The van der Waals surface area contributed by atoms with Crippen LogP contribution in [0.5, 0.6) is 5.75 Å². The van der Waals surface area contributed by atoms with Crippen LogP contribution in [-0.2, 0) is 28.9 Å². The third-order valence-electron chi connectivity index (χ3n) is 6.74. The van der Waals surface area contributed by atoms with Gasteiger partial charge < -0.3 is 19.5 Å². The molecule has 1 spiro atoms. The first-order chi connectivity index (χ1) is 16.0. The average molecular weight is 456 g/mol. The molecule has 0 radical (unpaired) electrons. The van der Waals surface area contributed by atoms with Crippen LogP contribution in [0.1, 0.15) is 64.7 Å². The van der Waals surface area contributed by atoms with Crippen LogP contribution in [0.15, 0.2) is 24.3 Å². The Morgan fingerprint density at radius 3 is 2.67 bits per heavy atom. The molecule has 0 bridgehead atoms. The Kier molecular flexibility index (Phi) is 7.33. The van der Waals surface area contributed by atoms with Gasteiger partial charge in [0.15, 0.2) is 0 Å². The molecule has 2 aromatic rings. The number of rotatable bonds is 8. The van der Waals surface area contributed by atoms with Gasteiger partial charge in [-0.15, -0.1) is 0 Å². The second kappa shape index (κ2) is 10.4. The molecule has 0 atom stereocenters. The molecule has 178 valence electrons. The van der Waals surface area contributed by atoms with Crippen LogP contribution in [0.3, 0.4) is 0 Å². The third kappa shape index (κ3) is 5.21. The van der Waals surface area contributed by atoms with E-state index in [2.05, 4.69) is 5.32 Å². The van der Waals surface area contributed by atoms with Crippen LogP contribution in [0, 0.1) is 5.41 Å². The summed E-state index contributed by atoms with van der Waals surface area (Å²) in [4.78, 5) is 25.1. The molecule has 8 heteroatoms. The Morgan fingerprint density at radius 2 is 1.97 bits per heavy atom. The lowest BCUT2D eigenvalue weighted by molar-refractivity contribution is 0.0160. The largest absolute Gasteiger partial charge is 0.497 e. The predicted molar refractivity (Wildman–Crippen MR) is 123 cm³/mol. The van der Waals surface area contributed by atoms with Crippen molar-refractivity contribution in [2.75, 3.05) is 33.5 Å². The second-order valence-electron chi connectivity index (χ2n) is 8.88. The number of hydrogen-bond acceptors (Lipinski definition) is 6. The van der Waals surface area contributed by atoms with Gasteiger partial charge in [0.05, 0.1) is 25.0 Å². The number of hydrogen-bond donors (Lipinski definition) is 1. The highest BCUT2D eigenvalue weighted by molar-refractivity contribution is 5.94. The van der Waals surface area contributed by atoms with Crippen LogP contribution in [0.2, 0.25) is 0 Å². The smallest absolute Gasteiger partial charge is 0.338 e. The molecule has 1 amide bonds. The first kappa shape index (κ1) is 23.3. The van der Waals surface area contributed by atoms with Gasteiger partial charge >= 0.3 is 5.97 Å². The first-order valence-electron chi connectivity index (χ1n) is 11.8. The fourth-order valence-electron chi connectivity index (χ4n) is 4.74. The van der Waals surface area contributed by atoms with E-state index in [9.17, 15) is 9.59 Å². The lowest BCUT2D eigenvalue weighted by Crippen LogP contribution is -2.40. The highest BCUT2D eigenvalue weighted by Gasteiger charge is 2.39. The quantitative estimate of drug-likeness (QED) is 0.486. The summed E-state index contributed by atoms with van der Waals surface area (Å²) in [6.07, 6.45) is 5.08. The fraction of sp³-hybridized carbons (Fsp3) is 0.560. The standard InChI is InChI=1S/C25H33N3O5/c1-3-28-22-20(16-25(17-26-23(22)29)11-14-32-15-12-25)21(27-28)6-4-5-13-33-24(30)18-7-9-19(31-2)10-8-18/h7-10H,3-6,11-17H2,1-2H3,(H,26,29). The van der Waals surface area contributed by atoms with Gasteiger partial charge in [-0.3, -0.25) is 9.48 Å². The maximum atomic E-state index is 12.9. The number of esters is 1. The van der Waals surface area contributed by atoms with Crippen molar-refractivity contribution in [3.05, 3.63) is 46.8 Å². The van der Waals surface area contributed by atoms with Crippen molar-refractivity contribution in [3.8, 4) is 5.75 Å². The SMILES string of the molecule is CCn1nc(CCCCOC(=O)c2ccc(OC)cc2)c2c1C(=O)NCC1(CCOCC1)C2. The number of aromatic nitrogens is 2. The van der Waals surface area contributed by atoms with Gasteiger partial charge in [0.2, 0.25) is 0 Å². The van der Waals surface area contributed by atoms with Gasteiger partial charge in [-0.2, -0.15) is 5.10 Å². The maximum absolute atomic E-state index is 12.9. The van der Waals surface area contributed by atoms with Gasteiger partial charge in [0.1, 0.15) is 11.4 Å². The van der Waals surface area contributed by atoms with Crippen LogP contribution in [0.4, 0.5) is 0 Å². The molecular weight excluding hydrogens is 422 g/mol. The lowest BCUT2D eigenvalue weighted by Gasteiger charge is -2.36. The Morgan fingerprint density at radius 1 is 1.21 bits per heavy atom. The lowest BCUT2D eigenvalue weighted by atomic mass is 9.75. The van der Waals surface area contributed by atoms with Crippen molar-refractivity contribution in [2.45, 2.75) is 52.0 Å². The molecule has 2 aliphatic rings. The monoisotopic (exact) mass is 455 g/mol. The number of unbranched alkanes of at least 4 members (excludes halogenated alkanes) is 1. The van der Waals surface area contributed by atoms with Gasteiger partial charge in [0, 0.05) is 31.9 Å². The Balaban J connectivity index is 1.36. The van der Waals surface area contributed by atoms with E-state index in [1.165, 1.54) is 0 Å². The van der Waals surface area contributed by atoms with Crippen LogP contribution < -0.4 is 10.1 Å². The molecule has 0 aliphatic carbocycles. The number of nitrogens with zero attached hydrogens (tertiary/aromatic N) is 2. The van der Waals surface area contributed by atoms with Crippen molar-refractivity contribution in [1.29, 1.82) is 0 Å². The van der Waals surface area contributed by atoms with E-state index < -0.39 is 0 Å². The van der Waals surface area contributed by atoms with Crippen LogP contribution >= 0.6 is 0 Å². The minimum atomic E-state index is -0.333. The highest BCUT2D eigenvalue weighted by atomic mass is 16.5. The molecule has 0 unspecified atom stereocenters. The summed E-state index contributed by atoms with van der Waals surface area (Å²) in [7, 11) is 1.59.